The van der Waals surface area contributed by atoms with Crippen LogP contribution in [0.2, 0.25) is 0 Å². The fourth-order valence-electron chi connectivity index (χ4n) is 5.18. The van der Waals surface area contributed by atoms with E-state index in [2.05, 4.69) is 16.6 Å². The second kappa shape index (κ2) is 6.24. The molecule has 1 amide bonds. The van der Waals surface area contributed by atoms with Crippen LogP contribution in [-0.2, 0) is 10.0 Å². The zero-order chi connectivity index (χ0) is 18.8. The number of hydrogen-bond acceptors (Lipinski definition) is 5. The number of carbonyl (C=O) groups is 1. The highest BCUT2D eigenvalue weighted by Gasteiger charge is 2.42. The number of anilines is 1. The van der Waals surface area contributed by atoms with Crippen LogP contribution in [0.5, 0.6) is 0 Å². The Morgan fingerprint density at radius 3 is 2.93 bits per heavy atom. The highest BCUT2D eigenvalue weighted by atomic mass is 32.2. The lowest BCUT2D eigenvalue weighted by Crippen LogP contribution is -2.40. The van der Waals surface area contributed by atoms with E-state index in [4.69, 9.17) is 0 Å². The summed E-state index contributed by atoms with van der Waals surface area (Å²) in [5.41, 5.74) is 1.56. The van der Waals surface area contributed by atoms with Gasteiger partial charge in [0.2, 0.25) is 0 Å². The van der Waals surface area contributed by atoms with Gasteiger partial charge in [-0.05, 0) is 73.9 Å². The van der Waals surface area contributed by atoms with E-state index >= 15 is 0 Å². The molecule has 0 saturated heterocycles. The zero-order valence-corrected chi connectivity index (χ0v) is 16.9. The van der Waals surface area contributed by atoms with Crippen LogP contribution < -0.4 is 10.2 Å². The molecule has 2 bridgehead atoms. The predicted octanol–water partition coefficient (Wildman–Crippen LogP) is 2.85. The Bertz CT molecular complexity index is 944. The summed E-state index contributed by atoms with van der Waals surface area (Å²) in [5, 5.41) is 3.69. The van der Waals surface area contributed by atoms with Gasteiger partial charge in [-0.2, -0.15) is 0 Å². The Balaban J connectivity index is 1.32. The van der Waals surface area contributed by atoms with E-state index in [1.54, 1.807) is 0 Å². The van der Waals surface area contributed by atoms with Crippen molar-refractivity contribution in [2.75, 3.05) is 17.2 Å². The molecule has 0 aromatic heterocycles. The van der Waals surface area contributed by atoms with Gasteiger partial charge in [0.25, 0.3) is 15.9 Å². The van der Waals surface area contributed by atoms with Crippen LogP contribution in [0.4, 0.5) is 5.69 Å². The van der Waals surface area contributed by atoms with Gasteiger partial charge < -0.3 is 10.2 Å². The van der Waals surface area contributed by atoms with E-state index in [0.717, 1.165) is 22.4 Å². The van der Waals surface area contributed by atoms with Crippen molar-refractivity contribution >= 4 is 38.5 Å². The molecule has 1 aromatic rings. The van der Waals surface area contributed by atoms with Crippen LogP contribution in [-0.4, -0.2) is 37.8 Å². The Morgan fingerprint density at radius 1 is 1.33 bits per heavy atom. The maximum absolute atomic E-state index is 12.8. The molecule has 2 aliphatic heterocycles. The fraction of sp³-hybridized carbons (Fsp3) is 0.579. The number of thioether (sulfide) groups is 1. The molecule has 0 spiro atoms. The van der Waals surface area contributed by atoms with Crippen LogP contribution in [0.25, 0.3) is 0 Å². The van der Waals surface area contributed by atoms with Crippen LogP contribution in [0.3, 0.4) is 0 Å². The Kier molecular flexibility index (Phi) is 4.05. The first-order chi connectivity index (χ1) is 12.9. The number of hydrogen-bond donors (Lipinski definition) is 1. The molecule has 2 aliphatic carbocycles. The Labute approximate surface area is 163 Å². The third kappa shape index (κ3) is 3.06. The molecule has 2 heterocycles. The van der Waals surface area contributed by atoms with E-state index in [1.165, 1.54) is 37.4 Å². The van der Waals surface area contributed by atoms with Gasteiger partial charge in [-0.1, -0.05) is 6.42 Å². The van der Waals surface area contributed by atoms with E-state index < -0.39 is 10.0 Å². The summed E-state index contributed by atoms with van der Waals surface area (Å²) in [7, 11) is -3.36. The van der Waals surface area contributed by atoms with Gasteiger partial charge in [0.15, 0.2) is 5.17 Å². The predicted molar refractivity (Wildman–Crippen MR) is 107 cm³/mol. The summed E-state index contributed by atoms with van der Waals surface area (Å²) in [4.78, 5) is 15.6. The van der Waals surface area contributed by atoms with E-state index in [-0.39, 0.29) is 17.7 Å². The van der Waals surface area contributed by atoms with E-state index in [0.29, 0.717) is 23.2 Å². The minimum Gasteiger partial charge on any atom is -0.349 e. The molecule has 1 N–H and O–H groups in total. The smallest absolute Gasteiger partial charge is 0.257 e. The van der Waals surface area contributed by atoms with Gasteiger partial charge in [0.1, 0.15) is 0 Å². The maximum atomic E-state index is 12.8. The monoisotopic (exact) mass is 405 g/mol. The number of nitrogens with zero attached hydrogens (tertiary/aromatic N) is 2. The number of nitrogens with one attached hydrogen (secondary N) is 1. The minimum absolute atomic E-state index is 0.0276. The number of amidine groups is 1. The highest BCUT2D eigenvalue weighted by Crippen LogP contribution is 2.49. The normalized spacial score (nSPS) is 31.2. The minimum atomic E-state index is -3.36. The number of sulfonamides is 1. The molecule has 4 aliphatic rings. The average Bonchev–Trinajstić information content (AvgIpc) is 3.33. The van der Waals surface area contributed by atoms with Crippen LogP contribution in [0.15, 0.2) is 27.5 Å². The Morgan fingerprint density at radius 2 is 2.19 bits per heavy atom. The molecule has 1 aromatic carbocycles. The van der Waals surface area contributed by atoms with Crippen molar-refractivity contribution in [1.29, 1.82) is 0 Å². The molecule has 6 nitrogen and oxygen atoms in total. The summed E-state index contributed by atoms with van der Waals surface area (Å²) < 4.78 is 27.3. The van der Waals surface area contributed by atoms with Crippen molar-refractivity contribution in [3.8, 4) is 0 Å². The average molecular weight is 406 g/mol. The van der Waals surface area contributed by atoms with Crippen molar-refractivity contribution in [3.63, 3.8) is 0 Å². The Hall–Kier alpha value is -1.54. The summed E-state index contributed by atoms with van der Waals surface area (Å²) in [6, 6.07) is 5.78. The number of amides is 1. The summed E-state index contributed by atoms with van der Waals surface area (Å²) in [6.07, 6.45) is 5.25. The largest absolute Gasteiger partial charge is 0.349 e. The second-order valence-electron chi connectivity index (χ2n) is 8.20. The quantitative estimate of drug-likeness (QED) is 0.837. The van der Waals surface area contributed by atoms with Crippen LogP contribution >= 0.6 is 11.8 Å². The molecule has 0 unspecified atom stereocenters. The fourth-order valence-corrected chi connectivity index (χ4v) is 7.47. The van der Waals surface area contributed by atoms with Crippen LogP contribution in [0, 0.1) is 17.8 Å². The van der Waals surface area contributed by atoms with Crippen molar-refractivity contribution in [3.05, 3.63) is 23.8 Å². The van der Waals surface area contributed by atoms with Crippen molar-refractivity contribution in [2.24, 2.45) is 22.2 Å². The number of rotatable bonds is 3. The molecule has 5 rings (SSSR count). The molecule has 0 radical (unpaired) electrons. The molecule has 2 saturated carbocycles. The van der Waals surface area contributed by atoms with Gasteiger partial charge >= 0.3 is 0 Å². The number of fused-ring (bicyclic) bond motifs is 5. The summed E-state index contributed by atoms with van der Waals surface area (Å²) in [5.74, 6) is 2.22. The van der Waals surface area contributed by atoms with Crippen LogP contribution in [0.1, 0.15) is 43.0 Å². The lowest BCUT2D eigenvalue weighted by Gasteiger charge is -2.28. The molecule has 4 atom stereocenters. The van der Waals surface area contributed by atoms with Gasteiger partial charge in [-0.15, -0.1) is 4.40 Å². The zero-order valence-electron chi connectivity index (χ0n) is 15.2. The first-order valence-corrected chi connectivity index (χ1v) is 12.0. The second-order valence-corrected chi connectivity index (χ2v) is 11.0. The van der Waals surface area contributed by atoms with E-state index in [9.17, 15) is 13.2 Å². The number of benzene rings is 1. The summed E-state index contributed by atoms with van der Waals surface area (Å²) in [6.45, 7) is 2.54. The number of carbonyl (C=O) groups excluding carboxylic acids is 1. The summed E-state index contributed by atoms with van der Waals surface area (Å²) >= 11 is 1.32. The maximum Gasteiger partial charge on any atom is 0.257 e. The van der Waals surface area contributed by atoms with E-state index in [1.807, 2.05) is 23.1 Å². The lowest BCUT2D eigenvalue weighted by atomic mass is 9.84. The SMILES string of the molecule is C[C@@H](NC(=O)c1ccc2c(c1)SC1=NS(=O)(=O)CCN12)[C@@H]1C[C@H]2CC[C@H]1C2. The highest BCUT2D eigenvalue weighted by molar-refractivity contribution is 8.15. The topological polar surface area (TPSA) is 78.8 Å². The van der Waals surface area contributed by atoms with Gasteiger partial charge in [0.05, 0.1) is 11.4 Å². The molecule has 27 heavy (non-hydrogen) atoms. The van der Waals surface area contributed by atoms with Gasteiger partial charge in [-0.3, -0.25) is 4.79 Å². The lowest BCUT2D eigenvalue weighted by molar-refractivity contribution is 0.0915. The van der Waals surface area contributed by atoms with Gasteiger partial charge in [-0.25, -0.2) is 8.42 Å². The molecule has 8 heteroatoms. The molecule has 144 valence electrons. The van der Waals surface area contributed by atoms with Gasteiger partial charge in [0, 0.05) is 23.0 Å². The van der Waals surface area contributed by atoms with Crippen molar-refractivity contribution < 1.29 is 13.2 Å². The standard InChI is InChI=1S/C19H23N3O3S2/c1-11(15-9-12-2-3-13(15)8-12)20-18(23)14-4-5-16-17(10-14)26-19-21-27(24,25)7-6-22(16)19/h4-5,10-13,15H,2-3,6-9H2,1H3,(H,20,23)/t11-,12+,13+,15+/m1/s1. The first kappa shape index (κ1) is 17.6. The molecular weight excluding hydrogens is 382 g/mol. The third-order valence-electron chi connectivity index (χ3n) is 6.53. The first-order valence-electron chi connectivity index (χ1n) is 9.62. The molecule has 2 fully saturated rings. The van der Waals surface area contributed by atoms with Crippen molar-refractivity contribution in [1.82, 2.24) is 5.32 Å². The third-order valence-corrected chi connectivity index (χ3v) is 8.84. The molecular formula is C19H23N3O3S2. The van der Waals surface area contributed by atoms with Crippen molar-refractivity contribution in [2.45, 2.75) is 43.5 Å².